The van der Waals surface area contributed by atoms with Crippen LogP contribution in [0.2, 0.25) is 0 Å². The number of aliphatic hydroxyl groups excluding tert-OH is 1. The lowest BCUT2D eigenvalue weighted by Crippen LogP contribution is -2.43. The minimum atomic E-state index is -0.460. The van der Waals surface area contributed by atoms with Gasteiger partial charge in [-0.3, -0.25) is 0 Å². The lowest BCUT2D eigenvalue weighted by molar-refractivity contribution is 0.159. The van der Waals surface area contributed by atoms with Crippen LogP contribution in [0.5, 0.6) is 0 Å². The Hall–Kier alpha value is -2.43. The van der Waals surface area contributed by atoms with Crippen molar-refractivity contribution in [1.82, 2.24) is 5.32 Å². The second-order valence-corrected chi connectivity index (χ2v) is 7.27. The van der Waals surface area contributed by atoms with E-state index in [9.17, 15) is 9.90 Å². The highest BCUT2D eigenvalue weighted by atomic mass is 16.4. The van der Waals surface area contributed by atoms with Crippen LogP contribution in [-0.4, -0.2) is 11.7 Å². The lowest BCUT2D eigenvalue weighted by Gasteiger charge is -2.30. The summed E-state index contributed by atoms with van der Waals surface area (Å²) in [6.07, 6.45) is 1.79. The maximum Gasteiger partial charge on any atom is 0.336 e. The van der Waals surface area contributed by atoms with Crippen LogP contribution in [0.15, 0.2) is 51.7 Å². The fourth-order valence-corrected chi connectivity index (χ4v) is 3.99. The van der Waals surface area contributed by atoms with Crippen molar-refractivity contribution >= 4 is 11.0 Å². The number of nitrogens with one attached hydrogen (secondary N) is 1. The number of benzene rings is 2. The van der Waals surface area contributed by atoms with E-state index in [0.29, 0.717) is 12.1 Å². The zero-order valence-corrected chi connectivity index (χ0v) is 15.1. The summed E-state index contributed by atoms with van der Waals surface area (Å²) in [5.41, 5.74) is 5.40. The van der Waals surface area contributed by atoms with Gasteiger partial charge < -0.3 is 14.8 Å². The molecule has 1 atom stereocenters. The van der Waals surface area contributed by atoms with Crippen molar-refractivity contribution in [2.45, 2.75) is 38.8 Å². The molecule has 4 nitrogen and oxygen atoms in total. The fraction of sp³-hybridized carbons (Fsp3) is 0.318. The molecule has 1 heterocycles. The van der Waals surface area contributed by atoms with E-state index in [1.54, 1.807) is 6.07 Å². The number of rotatable bonds is 4. The van der Waals surface area contributed by atoms with Gasteiger partial charge in [0.15, 0.2) is 0 Å². The summed E-state index contributed by atoms with van der Waals surface area (Å²) in [6, 6.07) is 13.8. The van der Waals surface area contributed by atoms with Gasteiger partial charge in [-0.2, -0.15) is 0 Å². The molecule has 3 aromatic rings. The summed E-state index contributed by atoms with van der Waals surface area (Å²) in [5.74, 6) is 0. The number of hydrogen-bond donors (Lipinski definition) is 2. The van der Waals surface area contributed by atoms with E-state index in [1.807, 2.05) is 25.1 Å². The highest BCUT2D eigenvalue weighted by Gasteiger charge is 2.37. The second-order valence-electron chi connectivity index (χ2n) is 7.27. The molecule has 4 rings (SSSR count). The van der Waals surface area contributed by atoms with Gasteiger partial charge in [-0.1, -0.05) is 24.3 Å². The first kappa shape index (κ1) is 17.0. The summed E-state index contributed by atoms with van der Waals surface area (Å²) in [7, 11) is 0. The quantitative estimate of drug-likeness (QED) is 0.709. The Balaban J connectivity index is 1.72. The first-order chi connectivity index (χ1) is 12.5. The SMILES string of the molecule is Cc1cc2oc(=O)cc(CNC3(CO)CCc4ccccc43)c2cc1C. The van der Waals surface area contributed by atoms with E-state index in [-0.39, 0.29) is 12.2 Å². The van der Waals surface area contributed by atoms with Gasteiger partial charge in [0, 0.05) is 18.0 Å². The topological polar surface area (TPSA) is 62.5 Å². The molecule has 134 valence electrons. The molecule has 2 N–H and O–H groups in total. The van der Waals surface area contributed by atoms with Crippen LogP contribution < -0.4 is 10.9 Å². The molecule has 1 unspecified atom stereocenters. The monoisotopic (exact) mass is 349 g/mol. The van der Waals surface area contributed by atoms with Gasteiger partial charge in [-0.05, 0) is 66.6 Å². The summed E-state index contributed by atoms with van der Waals surface area (Å²) in [5, 5.41) is 14.6. The maximum atomic E-state index is 12.0. The number of hydrogen-bond acceptors (Lipinski definition) is 4. The average molecular weight is 349 g/mol. The van der Waals surface area contributed by atoms with E-state index in [2.05, 4.69) is 30.4 Å². The van der Waals surface area contributed by atoms with Crippen LogP contribution >= 0.6 is 0 Å². The fourth-order valence-electron chi connectivity index (χ4n) is 3.99. The normalized spacial score (nSPS) is 19.0. The zero-order chi connectivity index (χ0) is 18.3. The van der Waals surface area contributed by atoms with Crippen molar-refractivity contribution in [2.75, 3.05) is 6.61 Å². The van der Waals surface area contributed by atoms with Gasteiger partial charge in [0.2, 0.25) is 0 Å². The second kappa shape index (κ2) is 6.38. The number of fused-ring (bicyclic) bond motifs is 2. The molecule has 0 radical (unpaired) electrons. The predicted molar refractivity (Wildman–Crippen MR) is 102 cm³/mol. The highest BCUT2D eigenvalue weighted by molar-refractivity contribution is 5.81. The van der Waals surface area contributed by atoms with Gasteiger partial charge in [0.1, 0.15) is 5.58 Å². The van der Waals surface area contributed by atoms with Crippen molar-refractivity contribution in [3.05, 3.63) is 80.7 Å². The van der Waals surface area contributed by atoms with E-state index in [4.69, 9.17) is 4.42 Å². The Morgan fingerprint density at radius 1 is 1.15 bits per heavy atom. The molecule has 26 heavy (non-hydrogen) atoms. The highest BCUT2D eigenvalue weighted by Crippen LogP contribution is 2.37. The van der Waals surface area contributed by atoms with E-state index in [0.717, 1.165) is 40.5 Å². The first-order valence-corrected chi connectivity index (χ1v) is 9.01. The third-order valence-electron chi connectivity index (χ3n) is 5.69. The van der Waals surface area contributed by atoms with Crippen molar-refractivity contribution in [3.8, 4) is 0 Å². The molecular weight excluding hydrogens is 326 g/mol. The smallest absolute Gasteiger partial charge is 0.336 e. The van der Waals surface area contributed by atoms with E-state index < -0.39 is 5.54 Å². The Bertz CT molecular complexity index is 1040. The predicted octanol–water partition coefficient (Wildman–Crippen LogP) is 3.33. The molecule has 0 saturated heterocycles. The van der Waals surface area contributed by atoms with Gasteiger partial charge in [0.25, 0.3) is 0 Å². The van der Waals surface area contributed by atoms with Crippen molar-refractivity contribution in [2.24, 2.45) is 0 Å². The molecule has 0 aliphatic heterocycles. The maximum absolute atomic E-state index is 12.0. The minimum absolute atomic E-state index is 0.0293. The number of aryl methyl sites for hydroxylation is 3. The first-order valence-electron chi connectivity index (χ1n) is 9.01. The largest absolute Gasteiger partial charge is 0.423 e. The summed E-state index contributed by atoms with van der Waals surface area (Å²) >= 11 is 0. The van der Waals surface area contributed by atoms with Crippen LogP contribution in [0.3, 0.4) is 0 Å². The van der Waals surface area contributed by atoms with Crippen molar-refractivity contribution < 1.29 is 9.52 Å². The third-order valence-corrected chi connectivity index (χ3v) is 5.69. The third kappa shape index (κ3) is 2.75. The molecular formula is C22H23NO3. The molecule has 2 aromatic carbocycles. The molecule has 0 amide bonds. The Morgan fingerprint density at radius 2 is 1.92 bits per heavy atom. The van der Waals surface area contributed by atoms with Crippen LogP contribution in [0.25, 0.3) is 11.0 Å². The van der Waals surface area contributed by atoms with Crippen LogP contribution in [0.4, 0.5) is 0 Å². The van der Waals surface area contributed by atoms with Crippen molar-refractivity contribution in [1.29, 1.82) is 0 Å². The Labute approximate surface area is 152 Å². The van der Waals surface area contributed by atoms with Crippen molar-refractivity contribution in [3.63, 3.8) is 0 Å². The summed E-state index contributed by atoms with van der Waals surface area (Å²) in [4.78, 5) is 12.0. The summed E-state index contributed by atoms with van der Waals surface area (Å²) < 4.78 is 5.38. The average Bonchev–Trinajstić information content (AvgIpc) is 3.01. The summed E-state index contributed by atoms with van der Waals surface area (Å²) in [6.45, 7) is 4.59. The standard InChI is InChI=1S/C22H23NO3/c1-14-9-18-17(11-21(25)26-20(18)10-15(14)2)12-23-22(13-24)8-7-16-5-3-4-6-19(16)22/h3-6,9-11,23-24H,7-8,12-13H2,1-2H3. The molecule has 0 spiro atoms. The van der Waals surface area contributed by atoms with Gasteiger partial charge in [-0.15, -0.1) is 0 Å². The minimum Gasteiger partial charge on any atom is -0.423 e. The van der Waals surface area contributed by atoms with E-state index in [1.165, 1.54) is 5.56 Å². The zero-order valence-electron chi connectivity index (χ0n) is 15.1. The van der Waals surface area contributed by atoms with Crippen LogP contribution in [0, 0.1) is 13.8 Å². The molecule has 1 aromatic heterocycles. The molecule has 0 bridgehead atoms. The molecule has 4 heteroatoms. The van der Waals surface area contributed by atoms with Gasteiger partial charge in [0.05, 0.1) is 12.1 Å². The van der Waals surface area contributed by atoms with Gasteiger partial charge in [-0.25, -0.2) is 4.79 Å². The molecule has 1 aliphatic carbocycles. The lowest BCUT2D eigenvalue weighted by atomic mass is 9.92. The molecule has 0 saturated carbocycles. The van der Waals surface area contributed by atoms with Crippen LogP contribution in [0.1, 0.15) is 34.2 Å². The molecule has 0 fully saturated rings. The number of aliphatic hydroxyl groups is 1. The van der Waals surface area contributed by atoms with Gasteiger partial charge >= 0.3 is 5.63 Å². The van der Waals surface area contributed by atoms with E-state index >= 15 is 0 Å². The Morgan fingerprint density at radius 3 is 2.73 bits per heavy atom. The van der Waals surface area contributed by atoms with Crippen LogP contribution in [-0.2, 0) is 18.5 Å². The molecule has 1 aliphatic rings. The Kier molecular flexibility index (Phi) is 4.17.